The second-order valence-electron chi connectivity index (χ2n) is 3.02. The van der Waals surface area contributed by atoms with E-state index in [1.54, 1.807) is 0 Å². The molecule has 0 unspecified atom stereocenters. The molecule has 13 heavy (non-hydrogen) atoms. The molecular weight excluding hydrogens is 251 g/mol. The lowest BCUT2D eigenvalue weighted by molar-refractivity contribution is 0.240. The summed E-state index contributed by atoms with van der Waals surface area (Å²) in [6.45, 7) is 4.00. The van der Waals surface area contributed by atoms with Crippen molar-refractivity contribution in [2.45, 2.75) is 25.3 Å². The predicted octanol–water partition coefficient (Wildman–Crippen LogP) is 4.02. The second kappa shape index (κ2) is 4.87. The molecule has 0 saturated carbocycles. The molecule has 0 aromatic heterocycles. The molecule has 1 aromatic carbocycles. The zero-order valence-electron chi connectivity index (χ0n) is 7.68. The highest BCUT2D eigenvalue weighted by atomic mass is 79.9. The molecule has 72 valence electrons. The zero-order valence-corrected chi connectivity index (χ0v) is 10.0. The first-order valence-electron chi connectivity index (χ1n) is 4.15. The summed E-state index contributed by atoms with van der Waals surface area (Å²) in [5.74, 6) is 0.861. The van der Waals surface area contributed by atoms with Crippen LogP contribution in [0.25, 0.3) is 0 Å². The van der Waals surface area contributed by atoms with Crippen molar-refractivity contribution in [2.75, 3.05) is 0 Å². The summed E-state index contributed by atoms with van der Waals surface area (Å²) in [7, 11) is 0. The third kappa shape index (κ3) is 2.89. The lowest BCUT2D eigenvalue weighted by atomic mass is 10.2. The van der Waals surface area contributed by atoms with Gasteiger partial charge in [-0.05, 0) is 26.0 Å². The first-order chi connectivity index (χ1) is 6.15. The van der Waals surface area contributed by atoms with E-state index in [-0.39, 0.29) is 6.10 Å². The second-order valence-corrected chi connectivity index (χ2v) is 3.98. The number of rotatable bonds is 3. The molecule has 0 aliphatic carbocycles. The van der Waals surface area contributed by atoms with Crippen molar-refractivity contribution < 1.29 is 4.74 Å². The van der Waals surface area contributed by atoms with Gasteiger partial charge in [-0.3, -0.25) is 0 Å². The van der Waals surface area contributed by atoms with E-state index >= 15 is 0 Å². The highest BCUT2D eigenvalue weighted by molar-refractivity contribution is 9.08. The van der Waals surface area contributed by atoms with Crippen molar-refractivity contribution in [3.63, 3.8) is 0 Å². The molecule has 0 N–H and O–H groups in total. The summed E-state index contributed by atoms with van der Waals surface area (Å²) in [6.07, 6.45) is 0.177. The van der Waals surface area contributed by atoms with Crippen LogP contribution in [0, 0.1) is 0 Å². The standard InChI is InChI=1S/C10H12BrClO/c1-7(2)13-10-5-3-4-9(12)8(10)6-11/h3-5,7H,6H2,1-2H3. The van der Waals surface area contributed by atoms with Crippen molar-refractivity contribution in [3.8, 4) is 5.75 Å². The van der Waals surface area contributed by atoms with Crippen LogP contribution in [-0.4, -0.2) is 6.10 Å². The Morgan fingerprint density at radius 1 is 1.46 bits per heavy atom. The maximum absolute atomic E-state index is 6.00. The Kier molecular flexibility index (Phi) is 4.07. The third-order valence-corrected chi connectivity index (χ3v) is 2.49. The molecule has 1 rings (SSSR count). The molecule has 0 aliphatic heterocycles. The Bertz CT molecular complexity index is 286. The largest absolute Gasteiger partial charge is 0.491 e. The van der Waals surface area contributed by atoms with Crippen LogP contribution in [0.4, 0.5) is 0 Å². The van der Waals surface area contributed by atoms with Crippen molar-refractivity contribution in [1.29, 1.82) is 0 Å². The molecule has 0 atom stereocenters. The van der Waals surface area contributed by atoms with Crippen LogP contribution in [0.5, 0.6) is 5.75 Å². The minimum absolute atomic E-state index is 0.177. The van der Waals surface area contributed by atoms with Crippen LogP contribution < -0.4 is 4.74 Å². The van der Waals surface area contributed by atoms with Crippen molar-refractivity contribution in [2.24, 2.45) is 0 Å². The minimum Gasteiger partial charge on any atom is -0.491 e. The van der Waals surface area contributed by atoms with E-state index in [0.29, 0.717) is 5.33 Å². The number of alkyl halides is 1. The van der Waals surface area contributed by atoms with E-state index < -0.39 is 0 Å². The average molecular weight is 264 g/mol. The number of hydrogen-bond acceptors (Lipinski definition) is 1. The minimum atomic E-state index is 0.177. The molecule has 1 nitrogen and oxygen atoms in total. The summed E-state index contributed by atoms with van der Waals surface area (Å²) in [5, 5.41) is 1.46. The van der Waals surface area contributed by atoms with Gasteiger partial charge in [0.1, 0.15) is 5.75 Å². The van der Waals surface area contributed by atoms with Gasteiger partial charge in [-0.15, -0.1) is 0 Å². The third-order valence-electron chi connectivity index (χ3n) is 1.57. The maximum atomic E-state index is 6.00. The molecule has 0 radical (unpaired) electrons. The van der Waals surface area contributed by atoms with Gasteiger partial charge in [0.25, 0.3) is 0 Å². The van der Waals surface area contributed by atoms with E-state index in [2.05, 4.69) is 15.9 Å². The van der Waals surface area contributed by atoms with Gasteiger partial charge in [0, 0.05) is 15.9 Å². The Morgan fingerprint density at radius 3 is 2.69 bits per heavy atom. The van der Waals surface area contributed by atoms with Crippen molar-refractivity contribution >= 4 is 27.5 Å². The summed E-state index contributed by atoms with van der Waals surface area (Å²) in [4.78, 5) is 0. The zero-order chi connectivity index (χ0) is 9.84. The first kappa shape index (κ1) is 10.9. The molecule has 1 aromatic rings. The quantitative estimate of drug-likeness (QED) is 0.748. The normalized spacial score (nSPS) is 10.5. The Labute approximate surface area is 92.2 Å². The van der Waals surface area contributed by atoms with Crippen molar-refractivity contribution in [3.05, 3.63) is 28.8 Å². The lowest BCUT2D eigenvalue weighted by Crippen LogP contribution is -2.07. The van der Waals surface area contributed by atoms with Gasteiger partial charge in [0.15, 0.2) is 0 Å². The van der Waals surface area contributed by atoms with Crippen LogP contribution in [0.3, 0.4) is 0 Å². The molecule has 0 aliphatic rings. The molecular formula is C10H12BrClO. The van der Waals surface area contributed by atoms with Gasteiger partial charge in [-0.1, -0.05) is 33.6 Å². The van der Waals surface area contributed by atoms with Crippen LogP contribution >= 0.6 is 27.5 Å². The highest BCUT2D eigenvalue weighted by Crippen LogP contribution is 2.29. The fraction of sp³-hybridized carbons (Fsp3) is 0.400. The highest BCUT2D eigenvalue weighted by Gasteiger charge is 2.07. The smallest absolute Gasteiger partial charge is 0.125 e. The maximum Gasteiger partial charge on any atom is 0.125 e. The van der Waals surface area contributed by atoms with Crippen LogP contribution in [0.1, 0.15) is 19.4 Å². The summed E-state index contributed by atoms with van der Waals surface area (Å²) >= 11 is 9.39. The predicted molar refractivity (Wildman–Crippen MR) is 59.8 cm³/mol. The SMILES string of the molecule is CC(C)Oc1cccc(Cl)c1CBr. The monoisotopic (exact) mass is 262 g/mol. The Hall–Kier alpha value is -0.210. The summed E-state index contributed by atoms with van der Waals surface area (Å²) < 4.78 is 5.60. The molecule has 3 heteroatoms. The van der Waals surface area contributed by atoms with Crippen LogP contribution in [0.15, 0.2) is 18.2 Å². The number of benzene rings is 1. The number of halogens is 2. The molecule has 0 fully saturated rings. The first-order valence-corrected chi connectivity index (χ1v) is 5.65. The Morgan fingerprint density at radius 2 is 2.15 bits per heavy atom. The molecule has 0 spiro atoms. The van der Waals surface area contributed by atoms with E-state index in [1.165, 1.54) is 0 Å². The van der Waals surface area contributed by atoms with Gasteiger partial charge in [0.05, 0.1) is 6.10 Å². The topological polar surface area (TPSA) is 9.23 Å². The average Bonchev–Trinajstić information content (AvgIpc) is 2.03. The Balaban J connectivity index is 2.98. The van der Waals surface area contributed by atoms with Gasteiger partial charge in [-0.2, -0.15) is 0 Å². The summed E-state index contributed by atoms with van der Waals surface area (Å²) in [5.41, 5.74) is 1.01. The van der Waals surface area contributed by atoms with E-state index in [1.807, 2.05) is 32.0 Å². The van der Waals surface area contributed by atoms with Crippen molar-refractivity contribution in [1.82, 2.24) is 0 Å². The number of hydrogen-bond donors (Lipinski definition) is 0. The van der Waals surface area contributed by atoms with E-state index in [4.69, 9.17) is 16.3 Å². The number of ether oxygens (including phenoxy) is 1. The van der Waals surface area contributed by atoms with E-state index in [0.717, 1.165) is 16.3 Å². The van der Waals surface area contributed by atoms with E-state index in [9.17, 15) is 0 Å². The molecule has 0 saturated heterocycles. The lowest BCUT2D eigenvalue weighted by Gasteiger charge is -2.13. The fourth-order valence-corrected chi connectivity index (χ4v) is 2.01. The molecule has 0 heterocycles. The van der Waals surface area contributed by atoms with Gasteiger partial charge in [0.2, 0.25) is 0 Å². The van der Waals surface area contributed by atoms with Gasteiger partial charge < -0.3 is 4.74 Å². The fourth-order valence-electron chi connectivity index (χ4n) is 1.03. The molecule has 0 amide bonds. The van der Waals surface area contributed by atoms with Gasteiger partial charge >= 0.3 is 0 Å². The molecule has 0 bridgehead atoms. The van der Waals surface area contributed by atoms with Gasteiger partial charge in [-0.25, -0.2) is 0 Å². The van der Waals surface area contributed by atoms with Crippen LogP contribution in [-0.2, 0) is 5.33 Å². The summed E-state index contributed by atoms with van der Waals surface area (Å²) in [6, 6.07) is 5.69. The van der Waals surface area contributed by atoms with Crippen LogP contribution in [0.2, 0.25) is 5.02 Å².